The Kier molecular flexibility index (Phi) is 4.51. The van der Waals surface area contributed by atoms with Crippen LogP contribution in [0.25, 0.3) is 0 Å². The highest BCUT2D eigenvalue weighted by Gasteiger charge is 2.14. The lowest BCUT2D eigenvalue weighted by atomic mass is 10.1. The van der Waals surface area contributed by atoms with Crippen molar-refractivity contribution in [1.29, 1.82) is 0 Å². The molecule has 0 aliphatic carbocycles. The van der Waals surface area contributed by atoms with Gasteiger partial charge in [0.25, 0.3) is 5.91 Å². The van der Waals surface area contributed by atoms with Crippen LogP contribution in [0.2, 0.25) is 0 Å². The van der Waals surface area contributed by atoms with E-state index >= 15 is 0 Å². The van der Waals surface area contributed by atoms with Gasteiger partial charge in [-0.15, -0.1) is 0 Å². The number of carboxylic acid groups (broad SMARTS) is 1. The molecule has 1 aromatic carbocycles. The number of hydrogen-bond donors (Lipinski definition) is 2. The minimum absolute atomic E-state index is 0.00252. The summed E-state index contributed by atoms with van der Waals surface area (Å²) in [5.41, 5.74) is 0.411. The van der Waals surface area contributed by atoms with Gasteiger partial charge in [-0.2, -0.15) is 0 Å². The molecule has 0 atom stereocenters. The van der Waals surface area contributed by atoms with E-state index < -0.39 is 11.9 Å². The fraction of sp³-hybridized carbons (Fsp3) is 0. The highest BCUT2D eigenvalue weighted by molar-refractivity contribution is 9.10. The summed E-state index contributed by atoms with van der Waals surface area (Å²) in [7, 11) is 0. The zero-order valence-corrected chi connectivity index (χ0v) is 13.1. The van der Waals surface area contributed by atoms with Crippen LogP contribution in [0.3, 0.4) is 0 Å². The Morgan fingerprint density at radius 1 is 1.15 bits per heavy atom. The maximum absolute atomic E-state index is 12.0. The number of anilines is 1. The maximum Gasteiger partial charge on any atom is 0.337 e. The van der Waals surface area contributed by atoms with Crippen molar-refractivity contribution in [3.05, 3.63) is 56.7 Å². The molecule has 1 amide bonds. The number of hydrogen-bond acceptors (Lipinski definition) is 3. The van der Waals surface area contributed by atoms with Gasteiger partial charge in [-0.05, 0) is 46.3 Å². The third-order valence-electron chi connectivity index (χ3n) is 2.41. The lowest BCUT2D eigenvalue weighted by molar-refractivity contribution is 0.0698. The number of aromatic nitrogens is 1. The molecule has 0 aliphatic heterocycles. The monoisotopic (exact) mass is 398 g/mol. The average Bonchev–Trinajstić information content (AvgIpc) is 2.40. The van der Waals surface area contributed by atoms with Crippen LogP contribution < -0.4 is 5.32 Å². The van der Waals surface area contributed by atoms with Crippen molar-refractivity contribution in [1.82, 2.24) is 4.98 Å². The summed E-state index contributed by atoms with van der Waals surface area (Å²) < 4.78 is 1.15. The van der Waals surface area contributed by atoms with Crippen molar-refractivity contribution in [3.63, 3.8) is 0 Å². The molecule has 0 aliphatic rings. The van der Waals surface area contributed by atoms with Crippen LogP contribution in [0.4, 0.5) is 5.69 Å². The van der Waals surface area contributed by atoms with E-state index in [0.29, 0.717) is 9.08 Å². The molecule has 2 aromatic rings. The van der Waals surface area contributed by atoms with Crippen LogP contribution in [0.15, 0.2) is 45.5 Å². The Bertz CT molecular complexity index is 689. The van der Waals surface area contributed by atoms with Gasteiger partial charge in [-0.3, -0.25) is 4.79 Å². The van der Waals surface area contributed by atoms with Crippen molar-refractivity contribution in [2.45, 2.75) is 0 Å². The molecular formula is C13H8Br2N2O3. The average molecular weight is 400 g/mol. The molecule has 5 nitrogen and oxygen atoms in total. The first-order chi connectivity index (χ1) is 9.47. The number of pyridine rings is 1. The lowest BCUT2D eigenvalue weighted by Crippen LogP contribution is -2.16. The lowest BCUT2D eigenvalue weighted by Gasteiger charge is -2.08. The number of amides is 1. The molecule has 0 spiro atoms. The second-order valence-electron chi connectivity index (χ2n) is 3.79. The highest BCUT2D eigenvalue weighted by atomic mass is 79.9. The summed E-state index contributed by atoms with van der Waals surface area (Å²) in [4.78, 5) is 27.2. The van der Waals surface area contributed by atoms with E-state index in [1.165, 1.54) is 12.1 Å². The maximum atomic E-state index is 12.0. The first-order valence-corrected chi connectivity index (χ1v) is 7.03. The van der Waals surface area contributed by atoms with Crippen molar-refractivity contribution in [2.24, 2.45) is 0 Å². The highest BCUT2D eigenvalue weighted by Crippen LogP contribution is 2.21. The van der Waals surface area contributed by atoms with E-state index in [-0.39, 0.29) is 16.9 Å². The molecule has 7 heteroatoms. The quantitative estimate of drug-likeness (QED) is 0.773. The van der Waals surface area contributed by atoms with Gasteiger partial charge in [0.05, 0.1) is 11.3 Å². The van der Waals surface area contributed by atoms with Crippen molar-refractivity contribution >= 4 is 49.4 Å². The van der Waals surface area contributed by atoms with E-state index in [1.54, 1.807) is 24.3 Å². The topological polar surface area (TPSA) is 79.3 Å². The molecule has 0 unspecified atom stereocenters. The Labute approximate surface area is 131 Å². The van der Waals surface area contributed by atoms with Crippen LogP contribution in [0, 0.1) is 0 Å². The summed E-state index contributed by atoms with van der Waals surface area (Å²) in [5.74, 6) is -1.60. The molecule has 0 bridgehead atoms. The van der Waals surface area contributed by atoms with Gasteiger partial charge in [0, 0.05) is 4.47 Å². The number of benzene rings is 1. The molecule has 2 N–H and O–H groups in total. The number of aromatic carboxylic acids is 1. The van der Waals surface area contributed by atoms with Gasteiger partial charge in [-0.1, -0.05) is 22.0 Å². The largest absolute Gasteiger partial charge is 0.478 e. The fourth-order valence-electron chi connectivity index (χ4n) is 1.52. The van der Waals surface area contributed by atoms with E-state index in [2.05, 4.69) is 42.2 Å². The molecule has 0 fully saturated rings. The SMILES string of the molecule is O=C(Nc1ccc(Br)cc1C(=O)O)c1cccc(Br)n1. The van der Waals surface area contributed by atoms with Crippen molar-refractivity contribution < 1.29 is 14.7 Å². The molecule has 20 heavy (non-hydrogen) atoms. The predicted molar refractivity (Wildman–Crippen MR) is 81.0 cm³/mol. The van der Waals surface area contributed by atoms with Crippen molar-refractivity contribution in [3.8, 4) is 0 Å². The number of carboxylic acids is 1. The summed E-state index contributed by atoms with van der Waals surface area (Å²) in [6.07, 6.45) is 0. The Balaban J connectivity index is 2.30. The van der Waals surface area contributed by atoms with E-state index in [9.17, 15) is 9.59 Å². The number of halogens is 2. The molecule has 1 heterocycles. The standard InChI is InChI=1S/C13H8Br2N2O3/c14-7-4-5-9(8(6-7)13(19)20)17-12(18)10-2-1-3-11(15)16-10/h1-6H,(H,17,18)(H,19,20). The molecular weight excluding hydrogens is 392 g/mol. The number of nitrogens with zero attached hydrogens (tertiary/aromatic N) is 1. The third-order valence-corrected chi connectivity index (χ3v) is 3.34. The van der Waals surface area contributed by atoms with Crippen LogP contribution in [0.1, 0.15) is 20.8 Å². The number of carbonyl (C=O) groups excluding carboxylic acids is 1. The smallest absolute Gasteiger partial charge is 0.337 e. The van der Waals surface area contributed by atoms with Gasteiger partial charge < -0.3 is 10.4 Å². The van der Waals surface area contributed by atoms with E-state index in [1.807, 2.05) is 0 Å². The Hall–Kier alpha value is -1.73. The van der Waals surface area contributed by atoms with Gasteiger partial charge in [0.1, 0.15) is 10.3 Å². The third kappa shape index (κ3) is 3.43. The second kappa shape index (κ2) is 6.15. The van der Waals surface area contributed by atoms with E-state index in [4.69, 9.17) is 5.11 Å². The molecule has 2 rings (SSSR count). The Morgan fingerprint density at radius 2 is 1.90 bits per heavy atom. The van der Waals surface area contributed by atoms with Gasteiger partial charge in [0.2, 0.25) is 0 Å². The zero-order chi connectivity index (χ0) is 14.7. The van der Waals surface area contributed by atoms with Crippen LogP contribution in [-0.4, -0.2) is 22.0 Å². The molecule has 0 saturated carbocycles. The predicted octanol–water partition coefficient (Wildman–Crippen LogP) is 3.56. The first kappa shape index (κ1) is 14.7. The van der Waals surface area contributed by atoms with Crippen LogP contribution in [0.5, 0.6) is 0 Å². The number of carbonyl (C=O) groups is 2. The van der Waals surface area contributed by atoms with Gasteiger partial charge >= 0.3 is 5.97 Å². The Morgan fingerprint density at radius 3 is 2.55 bits per heavy atom. The first-order valence-electron chi connectivity index (χ1n) is 5.44. The molecule has 0 radical (unpaired) electrons. The van der Waals surface area contributed by atoms with Crippen molar-refractivity contribution in [2.75, 3.05) is 5.32 Å². The number of rotatable bonds is 3. The normalized spacial score (nSPS) is 10.1. The van der Waals surface area contributed by atoms with Crippen LogP contribution >= 0.6 is 31.9 Å². The molecule has 102 valence electrons. The summed E-state index contributed by atoms with van der Waals surface area (Å²) >= 11 is 6.36. The molecule has 0 saturated heterocycles. The summed E-state index contributed by atoms with van der Waals surface area (Å²) in [6.45, 7) is 0. The fourth-order valence-corrected chi connectivity index (χ4v) is 2.23. The summed E-state index contributed by atoms with van der Waals surface area (Å²) in [5, 5.41) is 11.7. The minimum atomic E-state index is -1.12. The van der Waals surface area contributed by atoms with Crippen LogP contribution in [-0.2, 0) is 0 Å². The van der Waals surface area contributed by atoms with E-state index in [0.717, 1.165) is 0 Å². The zero-order valence-electron chi connectivity index (χ0n) is 9.93. The van der Waals surface area contributed by atoms with Gasteiger partial charge in [-0.25, -0.2) is 9.78 Å². The summed E-state index contributed by atoms with van der Waals surface area (Å²) in [6, 6.07) is 9.50. The number of nitrogens with one attached hydrogen (secondary N) is 1. The second-order valence-corrected chi connectivity index (χ2v) is 5.52. The minimum Gasteiger partial charge on any atom is -0.478 e. The molecule has 1 aromatic heterocycles. The van der Waals surface area contributed by atoms with Gasteiger partial charge in [0.15, 0.2) is 0 Å².